The van der Waals surface area contributed by atoms with E-state index in [-0.39, 0.29) is 30.0 Å². The van der Waals surface area contributed by atoms with Crippen LogP contribution < -0.4 is 10.2 Å². The van der Waals surface area contributed by atoms with Crippen LogP contribution in [-0.4, -0.2) is 30.7 Å². The third kappa shape index (κ3) is 2.80. The van der Waals surface area contributed by atoms with Crippen LogP contribution in [0.3, 0.4) is 0 Å². The van der Waals surface area contributed by atoms with E-state index in [9.17, 15) is 9.59 Å². The predicted octanol–water partition coefficient (Wildman–Crippen LogP) is 2.70. The molecule has 1 saturated heterocycles. The quantitative estimate of drug-likeness (QED) is 0.868. The Labute approximate surface area is 137 Å². The van der Waals surface area contributed by atoms with Crippen molar-refractivity contribution in [3.63, 3.8) is 0 Å². The zero-order valence-corrected chi connectivity index (χ0v) is 13.7. The Kier molecular flexibility index (Phi) is 4.55. The topological polar surface area (TPSA) is 58.6 Å². The van der Waals surface area contributed by atoms with Crippen LogP contribution in [0.25, 0.3) is 0 Å². The van der Waals surface area contributed by atoms with Gasteiger partial charge in [0.1, 0.15) is 6.17 Å². The van der Waals surface area contributed by atoms with Gasteiger partial charge in [-0.1, -0.05) is 25.5 Å². The number of piperidine rings is 1. The first-order valence-corrected chi connectivity index (χ1v) is 8.52. The van der Waals surface area contributed by atoms with Crippen molar-refractivity contribution in [3.8, 4) is 0 Å². The maximum Gasteiger partial charge on any atom is 0.311 e. The lowest BCUT2D eigenvalue weighted by atomic mass is 9.83. The highest BCUT2D eigenvalue weighted by atomic mass is 16.5. The van der Waals surface area contributed by atoms with Crippen molar-refractivity contribution in [1.29, 1.82) is 0 Å². The zero-order valence-electron chi connectivity index (χ0n) is 13.7. The molecule has 0 radical (unpaired) electrons. The normalized spacial score (nSPS) is 26.1. The molecule has 1 N–H and O–H groups in total. The Morgan fingerprint density at radius 1 is 1.30 bits per heavy atom. The number of nitrogens with one attached hydrogen (secondary N) is 1. The van der Waals surface area contributed by atoms with E-state index < -0.39 is 0 Å². The second-order valence-corrected chi connectivity index (χ2v) is 6.21. The number of amides is 1. The van der Waals surface area contributed by atoms with Crippen LogP contribution >= 0.6 is 0 Å². The Hall–Kier alpha value is -2.04. The highest BCUT2D eigenvalue weighted by Gasteiger charge is 2.44. The molecule has 124 valence electrons. The standard InChI is InChI=1S/C18H24N2O3/c1-3-7-14-13(18(22)23-4-2)10-11-16-19-17(21)12-8-5-6-9-15(12)20(14)16/h5-6,8-9,13-14,16H,3-4,7,10-11H2,1-2H3,(H,19,21). The molecule has 0 bridgehead atoms. The summed E-state index contributed by atoms with van der Waals surface area (Å²) in [6.07, 6.45) is 3.39. The molecule has 0 spiro atoms. The molecule has 5 nitrogen and oxygen atoms in total. The average Bonchev–Trinajstić information content (AvgIpc) is 2.55. The minimum atomic E-state index is -0.130. The van der Waals surface area contributed by atoms with E-state index in [2.05, 4.69) is 17.1 Å². The minimum Gasteiger partial charge on any atom is -0.466 e. The van der Waals surface area contributed by atoms with Gasteiger partial charge in [0.25, 0.3) is 5.91 Å². The van der Waals surface area contributed by atoms with Crippen molar-refractivity contribution >= 4 is 17.6 Å². The average molecular weight is 316 g/mol. The molecule has 1 aromatic rings. The van der Waals surface area contributed by atoms with Gasteiger partial charge in [0.15, 0.2) is 0 Å². The number of carbonyl (C=O) groups excluding carboxylic acids is 2. The van der Waals surface area contributed by atoms with E-state index in [0.717, 1.165) is 31.4 Å². The van der Waals surface area contributed by atoms with E-state index in [0.29, 0.717) is 12.2 Å². The minimum absolute atomic E-state index is 0.0216. The first-order valence-electron chi connectivity index (χ1n) is 8.52. The molecule has 3 atom stereocenters. The number of nitrogens with zero attached hydrogens (tertiary/aromatic N) is 1. The third-order valence-electron chi connectivity index (χ3n) is 4.81. The zero-order chi connectivity index (χ0) is 16.4. The second kappa shape index (κ2) is 6.60. The van der Waals surface area contributed by atoms with Gasteiger partial charge in [0, 0.05) is 6.04 Å². The number of benzene rings is 1. The number of hydrogen-bond acceptors (Lipinski definition) is 4. The highest BCUT2D eigenvalue weighted by molar-refractivity contribution is 6.02. The van der Waals surface area contributed by atoms with E-state index in [1.165, 1.54) is 0 Å². The van der Waals surface area contributed by atoms with E-state index >= 15 is 0 Å². The first-order chi connectivity index (χ1) is 11.2. The Balaban J connectivity index is 1.98. The molecular weight excluding hydrogens is 292 g/mol. The number of anilines is 1. The van der Waals surface area contributed by atoms with Crippen molar-refractivity contribution < 1.29 is 14.3 Å². The van der Waals surface area contributed by atoms with Crippen molar-refractivity contribution in [3.05, 3.63) is 29.8 Å². The summed E-state index contributed by atoms with van der Waals surface area (Å²) in [4.78, 5) is 26.9. The summed E-state index contributed by atoms with van der Waals surface area (Å²) in [5, 5.41) is 3.09. The third-order valence-corrected chi connectivity index (χ3v) is 4.81. The van der Waals surface area contributed by atoms with Gasteiger partial charge in [0.05, 0.1) is 23.8 Å². The van der Waals surface area contributed by atoms with Gasteiger partial charge >= 0.3 is 5.97 Å². The summed E-state index contributed by atoms with van der Waals surface area (Å²) in [5.41, 5.74) is 1.63. The smallest absolute Gasteiger partial charge is 0.311 e. The fraction of sp³-hybridized carbons (Fsp3) is 0.556. The molecule has 2 aliphatic rings. The number of para-hydroxylation sites is 1. The van der Waals surface area contributed by atoms with E-state index in [4.69, 9.17) is 4.74 Å². The number of fused-ring (bicyclic) bond motifs is 3. The lowest BCUT2D eigenvalue weighted by Crippen LogP contribution is -2.62. The Bertz CT molecular complexity index is 602. The number of esters is 1. The molecule has 0 aromatic heterocycles. The monoisotopic (exact) mass is 316 g/mol. The number of hydrogen-bond donors (Lipinski definition) is 1. The lowest BCUT2D eigenvalue weighted by Gasteiger charge is -2.49. The van der Waals surface area contributed by atoms with Crippen LogP contribution in [0.5, 0.6) is 0 Å². The molecule has 3 unspecified atom stereocenters. The largest absolute Gasteiger partial charge is 0.466 e. The molecule has 0 aliphatic carbocycles. The second-order valence-electron chi connectivity index (χ2n) is 6.21. The molecule has 1 aromatic carbocycles. The van der Waals surface area contributed by atoms with Crippen molar-refractivity contribution in [2.45, 2.75) is 51.7 Å². The van der Waals surface area contributed by atoms with Crippen LogP contribution in [0.1, 0.15) is 49.9 Å². The maximum absolute atomic E-state index is 12.4. The maximum atomic E-state index is 12.4. The number of ether oxygens (including phenoxy) is 1. The van der Waals surface area contributed by atoms with Crippen LogP contribution in [0.4, 0.5) is 5.69 Å². The van der Waals surface area contributed by atoms with E-state index in [1.807, 2.05) is 31.2 Å². The molecule has 1 fully saturated rings. The Morgan fingerprint density at radius 2 is 2.09 bits per heavy atom. The number of rotatable bonds is 4. The molecule has 1 amide bonds. The van der Waals surface area contributed by atoms with Gasteiger partial charge in [-0.25, -0.2) is 0 Å². The van der Waals surface area contributed by atoms with Crippen LogP contribution in [0.2, 0.25) is 0 Å². The van der Waals surface area contributed by atoms with Crippen LogP contribution in [0.15, 0.2) is 24.3 Å². The van der Waals surface area contributed by atoms with Gasteiger partial charge in [0.2, 0.25) is 0 Å². The summed E-state index contributed by atoms with van der Waals surface area (Å²) < 4.78 is 5.29. The van der Waals surface area contributed by atoms with Gasteiger partial charge < -0.3 is 15.0 Å². The first kappa shape index (κ1) is 15.8. The fourth-order valence-electron chi connectivity index (χ4n) is 3.86. The van der Waals surface area contributed by atoms with Crippen LogP contribution in [0, 0.1) is 5.92 Å². The highest BCUT2D eigenvalue weighted by Crippen LogP contribution is 2.38. The van der Waals surface area contributed by atoms with Crippen molar-refractivity contribution in [2.75, 3.05) is 11.5 Å². The summed E-state index contributed by atoms with van der Waals surface area (Å²) in [7, 11) is 0. The molecule has 2 aliphatic heterocycles. The van der Waals surface area contributed by atoms with Gasteiger partial charge in [-0.2, -0.15) is 0 Å². The summed E-state index contributed by atoms with van der Waals surface area (Å²) in [6.45, 7) is 4.37. The molecule has 2 heterocycles. The van der Waals surface area contributed by atoms with Crippen molar-refractivity contribution in [2.24, 2.45) is 5.92 Å². The molecule has 3 rings (SSSR count). The molecular formula is C18H24N2O3. The molecule has 0 saturated carbocycles. The number of carbonyl (C=O) groups is 2. The lowest BCUT2D eigenvalue weighted by molar-refractivity contribution is -0.149. The van der Waals surface area contributed by atoms with Crippen LogP contribution in [-0.2, 0) is 9.53 Å². The van der Waals surface area contributed by atoms with Gasteiger partial charge in [-0.05, 0) is 38.3 Å². The Morgan fingerprint density at radius 3 is 2.83 bits per heavy atom. The fourth-order valence-corrected chi connectivity index (χ4v) is 3.86. The SMILES string of the molecule is CCCC1C(C(=O)OCC)CCC2NC(=O)c3ccccc3N21. The van der Waals surface area contributed by atoms with Gasteiger partial charge in [-0.15, -0.1) is 0 Å². The van der Waals surface area contributed by atoms with Crippen molar-refractivity contribution in [1.82, 2.24) is 5.32 Å². The summed E-state index contributed by atoms with van der Waals surface area (Å²) >= 11 is 0. The molecule has 23 heavy (non-hydrogen) atoms. The summed E-state index contributed by atoms with van der Waals surface area (Å²) in [5.74, 6) is -0.264. The predicted molar refractivity (Wildman–Crippen MR) is 88.2 cm³/mol. The van der Waals surface area contributed by atoms with Gasteiger partial charge in [-0.3, -0.25) is 9.59 Å². The molecule has 5 heteroatoms. The summed E-state index contributed by atoms with van der Waals surface area (Å²) in [6, 6.07) is 7.72. The van der Waals surface area contributed by atoms with E-state index in [1.54, 1.807) is 0 Å².